The number of rotatable bonds is 10. The molecule has 5 heteroatoms. The fraction of sp³-hybridized carbons (Fsp3) is 0.381. The van der Waals surface area contributed by atoms with Crippen molar-refractivity contribution in [2.45, 2.75) is 39.0 Å². The van der Waals surface area contributed by atoms with Crippen LogP contribution in [0.5, 0.6) is 23.0 Å². The van der Waals surface area contributed by atoms with Crippen LogP contribution >= 0.6 is 0 Å². The van der Waals surface area contributed by atoms with E-state index in [4.69, 9.17) is 14.2 Å². The molecule has 2 rings (SSSR count). The van der Waals surface area contributed by atoms with Gasteiger partial charge < -0.3 is 19.3 Å². The van der Waals surface area contributed by atoms with E-state index in [1.165, 1.54) is 51.0 Å². The molecular formula is C21H26O5. The molecule has 0 amide bonds. The van der Waals surface area contributed by atoms with E-state index in [0.717, 1.165) is 12.2 Å². The number of aromatic hydroxyl groups is 1. The first kappa shape index (κ1) is 19.6. The van der Waals surface area contributed by atoms with Crippen LogP contribution in [0.2, 0.25) is 0 Å². The predicted molar refractivity (Wildman–Crippen MR) is 100 cm³/mol. The summed E-state index contributed by atoms with van der Waals surface area (Å²) in [6, 6.07) is 11.3. The van der Waals surface area contributed by atoms with Gasteiger partial charge in [0.1, 0.15) is 11.5 Å². The van der Waals surface area contributed by atoms with E-state index < -0.39 is 5.97 Å². The third-order valence-corrected chi connectivity index (χ3v) is 3.97. The minimum Gasteiger partial charge on any atom is -0.504 e. The van der Waals surface area contributed by atoms with Gasteiger partial charge in [0.25, 0.3) is 0 Å². The van der Waals surface area contributed by atoms with Crippen molar-refractivity contribution >= 4 is 5.97 Å². The summed E-state index contributed by atoms with van der Waals surface area (Å²) in [6.07, 6.45) is 5.97. The van der Waals surface area contributed by atoms with E-state index >= 15 is 0 Å². The maximum absolute atomic E-state index is 12.2. The van der Waals surface area contributed by atoms with Gasteiger partial charge in [0.15, 0.2) is 11.5 Å². The smallest absolute Gasteiger partial charge is 0.343 e. The van der Waals surface area contributed by atoms with Gasteiger partial charge in [-0.05, 0) is 48.9 Å². The van der Waals surface area contributed by atoms with E-state index in [1.807, 2.05) is 0 Å². The molecule has 0 aliphatic carbocycles. The van der Waals surface area contributed by atoms with Crippen LogP contribution in [0.1, 0.15) is 49.4 Å². The normalized spacial score (nSPS) is 10.4. The zero-order chi connectivity index (χ0) is 18.8. The largest absolute Gasteiger partial charge is 0.504 e. The standard InChI is InChI=1S/C21H26O5/c1-3-4-5-6-7-14-25-17-9-11-18(12-10-17)26-21(23)16-8-13-19(22)20(15-16)24-2/h8-13,15,22H,3-7,14H2,1-2H3. The van der Waals surface area contributed by atoms with Crippen LogP contribution < -0.4 is 14.2 Å². The Bertz CT molecular complexity index is 694. The van der Waals surface area contributed by atoms with Gasteiger partial charge in [-0.3, -0.25) is 0 Å². The molecule has 26 heavy (non-hydrogen) atoms. The Morgan fingerprint density at radius 1 is 0.962 bits per heavy atom. The molecule has 2 aromatic carbocycles. The van der Waals surface area contributed by atoms with Crippen LogP contribution in [0.15, 0.2) is 42.5 Å². The van der Waals surface area contributed by atoms with Crippen molar-refractivity contribution in [1.29, 1.82) is 0 Å². The van der Waals surface area contributed by atoms with Crippen molar-refractivity contribution in [3.05, 3.63) is 48.0 Å². The third-order valence-electron chi connectivity index (χ3n) is 3.97. The van der Waals surface area contributed by atoms with Gasteiger partial charge in [0.05, 0.1) is 19.3 Å². The molecule has 1 N–H and O–H groups in total. The van der Waals surface area contributed by atoms with Crippen LogP contribution in [0.25, 0.3) is 0 Å². The summed E-state index contributed by atoms with van der Waals surface area (Å²) in [7, 11) is 1.42. The van der Waals surface area contributed by atoms with Crippen LogP contribution in [-0.2, 0) is 0 Å². The van der Waals surface area contributed by atoms with Gasteiger partial charge >= 0.3 is 5.97 Å². The number of carbonyl (C=O) groups excluding carboxylic acids is 1. The zero-order valence-corrected chi connectivity index (χ0v) is 15.4. The first-order valence-corrected chi connectivity index (χ1v) is 8.96. The molecule has 0 fully saturated rings. The summed E-state index contributed by atoms with van der Waals surface area (Å²) < 4.78 is 16.0. The summed E-state index contributed by atoms with van der Waals surface area (Å²) in [5.74, 6) is 0.860. The van der Waals surface area contributed by atoms with Gasteiger partial charge in [0.2, 0.25) is 0 Å². The minimum absolute atomic E-state index is 0.0276. The van der Waals surface area contributed by atoms with Gasteiger partial charge in [-0.1, -0.05) is 32.6 Å². The summed E-state index contributed by atoms with van der Waals surface area (Å²) in [6.45, 7) is 2.89. The van der Waals surface area contributed by atoms with Crippen molar-refractivity contribution in [2.75, 3.05) is 13.7 Å². The molecule has 0 aliphatic heterocycles. The number of benzene rings is 2. The molecule has 0 radical (unpaired) electrons. The molecule has 0 saturated carbocycles. The number of methoxy groups -OCH3 is 1. The molecule has 5 nitrogen and oxygen atoms in total. The Kier molecular flexibility index (Phi) is 7.80. The Labute approximate surface area is 154 Å². The number of hydrogen-bond acceptors (Lipinski definition) is 5. The second kappa shape index (κ2) is 10.3. The number of carbonyl (C=O) groups is 1. The van der Waals surface area contributed by atoms with Crippen LogP contribution in [0.4, 0.5) is 0 Å². The fourth-order valence-corrected chi connectivity index (χ4v) is 2.47. The third kappa shape index (κ3) is 5.99. The fourth-order valence-electron chi connectivity index (χ4n) is 2.47. The van der Waals surface area contributed by atoms with Crippen molar-refractivity contribution in [3.8, 4) is 23.0 Å². The van der Waals surface area contributed by atoms with Crippen LogP contribution in [0, 0.1) is 0 Å². The summed E-state index contributed by atoms with van der Waals surface area (Å²) in [5.41, 5.74) is 0.298. The first-order chi connectivity index (χ1) is 12.6. The molecular weight excluding hydrogens is 332 g/mol. The molecule has 0 spiro atoms. The Hall–Kier alpha value is -2.69. The molecule has 0 bridgehead atoms. The highest BCUT2D eigenvalue weighted by molar-refractivity contribution is 5.91. The molecule has 0 atom stereocenters. The number of phenols is 1. The summed E-state index contributed by atoms with van der Waals surface area (Å²) >= 11 is 0. The zero-order valence-electron chi connectivity index (χ0n) is 15.4. The maximum Gasteiger partial charge on any atom is 0.343 e. The highest BCUT2D eigenvalue weighted by Crippen LogP contribution is 2.27. The molecule has 0 aromatic heterocycles. The SMILES string of the molecule is CCCCCCCOc1ccc(OC(=O)c2ccc(O)c(OC)c2)cc1. The highest BCUT2D eigenvalue weighted by Gasteiger charge is 2.12. The number of hydrogen-bond donors (Lipinski definition) is 1. The van der Waals surface area contributed by atoms with E-state index in [0.29, 0.717) is 17.9 Å². The number of phenolic OH excluding ortho intramolecular Hbond substituents is 1. The van der Waals surface area contributed by atoms with Crippen LogP contribution in [0.3, 0.4) is 0 Å². The lowest BCUT2D eigenvalue weighted by Gasteiger charge is -2.09. The van der Waals surface area contributed by atoms with E-state index in [1.54, 1.807) is 24.3 Å². The lowest BCUT2D eigenvalue weighted by atomic mass is 10.2. The molecule has 0 unspecified atom stereocenters. The van der Waals surface area contributed by atoms with E-state index in [9.17, 15) is 9.90 Å². The average Bonchev–Trinajstić information content (AvgIpc) is 2.66. The Balaban J connectivity index is 1.83. The van der Waals surface area contributed by atoms with Gasteiger partial charge in [0, 0.05) is 0 Å². The van der Waals surface area contributed by atoms with Crippen LogP contribution in [-0.4, -0.2) is 24.8 Å². The Morgan fingerprint density at radius 2 is 1.65 bits per heavy atom. The van der Waals surface area contributed by atoms with E-state index in [-0.39, 0.29) is 11.5 Å². The van der Waals surface area contributed by atoms with Crippen molar-refractivity contribution in [2.24, 2.45) is 0 Å². The second-order valence-corrected chi connectivity index (χ2v) is 6.01. The quantitative estimate of drug-likeness (QED) is 0.369. The van der Waals surface area contributed by atoms with Crippen molar-refractivity contribution in [1.82, 2.24) is 0 Å². The minimum atomic E-state index is -0.520. The lowest BCUT2D eigenvalue weighted by Crippen LogP contribution is -2.08. The molecule has 0 aliphatic rings. The number of unbranched alkanes of at least 4 members (excludes halogenated alkanes) is 4. The highest BCUT2D eigenvalue weighted by atomic mass is 16.5. The summed E-state index contributed by atoms with van der Waals surface area (Å²) in [5, 5.41) is 9.58. The molecule has 140 valence electrons. The molecule has 0 heterocycles. The monoisotopic (exact) mass is 358 g/mol. The second-order valence-electron chi connectivity index (χ2n) is 6.01. The van der Waals surface area contributed by atoms with Gasteiger partial charge in [-0.25, -0.2) is 4.79 Å². The molecule has 2 aromatic rings. The van der Waals surface area contributed by atoms with E-state index in [2.05, 4.69) is 6.92 Å². The number of ether oxygens (including phenoxy) is 3. The van der Waals surface area contributed by atoms with Crippen molar-refractivity contribution in [3.63, 3.8) is 0 Å². The first-order valence-electron chi connectivity index (χ1n) is 8.96. The Morgan fingerprint density at radius 3 is 2.35 bits per heavy atom. The van der Waals surface area contributed by atoms with Gasteiger partial charge in [-0.15, -0.1) is 0 Å². The lowest BCUT2D eigenvalue weighted by molar-refractivity contribution is 0.0734. The maximum atomic E-state index is 12.2. The van der Waals surface area contributed by atoms with Gasteiger partial charge in [-0.2, -0.15) is 0 Å². The summed E-state index contributed by atoms with van der Waals surface area (Å²) in [4.78, 5) is 12.2. The number of esters is 1. The predicted octanol–water partition coefficient (Wildman–Crippen LogP) is 4.97. The topological polar surface area (TPSA) is 65.0 Å². The average molecular weight is 358 g/mol. The van der Waals surface area contributed by atoms with Crippen molar-refractivity contribution < 1.29 is 24.1 Å². The molecule has 0 saturated heterocycles.